The van der Waals surface area contributed by atoms with Crippen LogP contribution in [0.3, 0.4) is 0 Å². The van der Waals surface area contributed by atoms with Crippen LogP contribution in [0, 0.1) is 19.8 Å². The lowest BCUT2D eigenvalue weighted by molar-refractivity contribution is 0.236. The third kappa shape index (κ3) is 13.1. The molecule has 54 heavy (non-hydrogen) atoms. The molecule has 9 heteroatoms. The van der Waals surface area contributed by atoms with Crippen molar-refractivity contribution in [1.29, 1.82) is 0 Å². The maximum Gasteiger partial charge on any atom is 0.167 e. The van der Waals surface area contributed by atoms with Crippen molar-refractivity contribution in [3.8, 4) is 45.8 Å². The van der Waals surface area contributed by atoms with Gasteiger partial charge in [-0.1, -0.05) is 105 Å². The fraction of sp³-hybridized carbons (Fsp3) is 0.533. The molecule has 0 saturated carbocycles. The molecule has 0 saturated heterocycles. The second-order valence-electron chi connectivity index (χ2n) is 14.4. The van der Waals surface area contributed by atoms with Gasteiger partial charge in [0, 0.05) is 16.7 Å². The van der Waals surface area contributed by atoms with E-state index in [1.165, 1.54) is 0 Å². The van der Waals surface area contributed by atoms with E-state index in [9.17, 15) is 15.3 Å². The lowest BCUT2D eigenvalue weighted by Gasteiger charge is -2.16. The highest BCUT2D eigenvalue weighted by Crippen LogP contribution is 2.40. The number of hydrogen-bond acceptors (Lipinski definition) is 9. The third-order valence-electron chi connectivity index (χ3n) is 9.28. The fourth-order valence-corrected chi connectivity index (χ4v) is 5.81. The quantitative estimate of drug-likeness (QED) is 0.0466. The Morgan fingerprint density at radius 2 is 1.13 bits per heavy atom. The van der Waals surface area contributed by atoms with Crippen LogP contribution in [-0.4, -0.2) is 50.1 Å². The monoisotopic (exact) mass is 743 g/mol. The van der Waals surface area contributed by atoms with Crippen LogP contribution in [0.4, 0.5) is 0 Å². The molecule has 9 nitrogen and oxygen atoms in total. The Hall–Kier alpha value is -4.53. The van der Waals surface area contributed by atoms with Crippen LogP contribution in [0.15, 0.2) is 54.0 Å². The van der Waals surface area contributed by atoms with Gasteiger partial charge >= 0.3 is 0 Å². The molecule has 0 spiro atoms. The number of aromatic hydroxyl groups is 2. The number of unbranched alkanes of at least 4 members (excludes halogenated alkanes) is 9. The van der Waals surface area contributed by atoms with Crippen molar-refractivity contribution in [3.05, 3.63) is 71.0 Å². The molecular formula is C45H65N3O6. The number of phenolic OH excluding ortho intramolecular Hbond substituents is 2. The van der Waals surface area contributed by atoms with E-state index in [-0.39, 0.29) is 40.6 Å². The van der Waals surface area contributed by atoms with Crippen LogP contribution < -0.4 is 9.47 Å². The molecule has 1 heterocycles. The summed E-state index contributed by atoms with van der Waals surface area (Å²) in [6.07, 6.45) is 18.3. The van der Waals surface area contributed by atoms with Crippen molar-refractivity contribution in [1.82, 2.24) is 15.0 Å². The van der Waals surface area contributed by atoms with Crippen LogP contribution in [0.2, 0.25) is 0 Å². The molecule has 0 fully saturated rings. The van der Waals surface area contributed by atoms with Gasteiger partial charge in [0.2, 0.25) is 0 Å². The van der Waals surface area contributed by atoms with E-state index in [1.807, 2.05) is 32.1 Å². The first kappa shape index (κ1) is 43.9. The van der Waals surface area contributed by atoms with Crippen molar-refractivity contribution >= 4 is 5.57 Å². The predicted molar refractivity (Wildman–Crippen MR) is 220 cm³/mol. The summed E-state index contributed by atoms with van der Waals surface area (Å²) in [5, 5.41) is 34.8. The smallest absolute Gasteiger partial charge is 0.167 e. The summed E-state index contributed by atoms with van der Waals surface area (Å²) < 4.78 is 17.9. The number of nitrogens with zero attached hydrogens (tertiary/aromatic N) is 3. The van der Waals surface area contributed by atoms with Gasteiger partial charge in [-0.2, -0.15) is 0 Å². The van der Waals surface area contributed by atoms with E-state index in [4.69, 9.17) is 29.2 Å². The molecule has 3 N–H and O–H groups in total. The molecule has 0 radical (unpaired) electrons. The normalized spacial score (nSPS) is 12.4. The van der Waals surface area contributed by atoms with Crippen molar-refractivity contribution in [2.24, 2.45) is 5.92 Å². The number of hydrogen-bond donors (Lipinski definition) is 3. The average Bonchev–Trinajstić information content (AvgIpc) is 3.15. The van der Waals surface area contributed by atoms with E-state index < -0.39 is 0 Å². The average molecular weight is 744 g/mol. The maximum absolute atomic E-state index is 11.7. The highest BCUT2D eigenvalue weighted by atomic mass is 16.5. The molecule has 0 aliphatic rings. The van der Waals surface area contributed by atoms with Gasteiger partial charge in [0.05, 0.1) is 42.8 Å². The molecule has 0 aliphatic heterocycles. The van der Waals surface area contributed by atoms with Crippen molar-refractivity contribution < 1.29 is 29.5 Å². The zero-order chi connectivity index (χ0) is 39.5. The summed E-state index contributed by atoms with van der Waals surface area (Å²) in [6.45, 7) is 17.6. The summed E-state index contributed by atoms with van der Waals surface area (Å²) in [4.78, 5) is 14.5. The Morgan fingerprint density at radius 1 is 0.667 bits per heavy atom. The zero-order valence-electron chi connectivity index (χ0n) is 34.1. The molecule has 0 atom stereocenters. The first-order chi connectivity index (χ1) is 26.0. The van der Waals surface area contributed by atoms with E-state index >= 15 is 0 Å². The number of phenols is 2. The fourth-order valence-electron chi connectivity index (χ4n) is 5.81. The SMILES string of the molecule is CCCCCCO/C=C(C)/C(O)=C(\C=C/C(C)C)c1nc(-c2ccc(OCCCCCC)c(C)c2O)nc(-c2ccc(OCCCCCC)c(C)c2O)n1. The largest absolute Gasteiger partial charge is 0.507 e. The van der Waals surface area contributed by atoms with E-state index in [0.717, 1.165) is 77.0 Å². The molecule has 3 aromatic rings. The van der Waals surface area contributed by atoms with Crippen LogP contribution in [0.5, 0.6) is 23.0 Å². The lowest BCUT2D eigenvalue weighted by atomic mass is 10.0. The molecule has 296 valence electrons. The van der Waals surface area contributed by atoms with Crippen LogP contribution >= 0.6 is 0 Å². The number of benzene rings is 2. The van der Waals surface area contributed by atoms with Gasteiger partial charge in [-0.3, -0.25) is 0 Å². The van der Waals surface area contributed by atoms with Gasteiger partial charge in [-0.15, -0.1) is 0 Å². The van der Waals surface area contributed by atoms with Crippen molar-refractivity contribution in [2.75, 3.05) is 19.8 Å². The highest BCUT2D eigenvalue weighted by molar-refractivity contribution is 5.78. The zero-order valence-corrected chi connectivity index (χ0v) is 34.1. The molecule has 0 unspecified atom stereocenters. The predicted octanol–water partition coefficient (Wildman–Crippen LogP) is 12.1. The first-order valence-corrected chi connectivity index (χ1v) is 20.1. The van der Waals surface area contributed by atoms with Gasteiger partial charge in [-0.25, -0.2) is 15.0 Å². The topological polar surface area (TPSA) is 127 Å². The summed E-state index contributed by atoms with van der Waals surface area (Å²) in [5.41, 5.74) is 2.73. The number of ether oxygens (including phenoxy) is 3. The molecule has 0 amide bonds. The molecule has 1 aromatic heterocycles. The Labute approximate surface area is 324 Å². The maximum atomic E-state index is 11.7. The Balaban J connectivity index is 2.18. The van der Waals surface area contributed by atoms with Gasteiger partial charge < -0.3 is 29.5 Å². The second-order valence-corrected chi connectivity index (χ2v) is 14.4. The van der Waals surface area contributed by atoms with E-state index in [1.54, 1.807) is 45.2 Å². The van der Waals surface area contributed by atoms with Crippen LogP contribution in [-0.2, 0) is 4.74 Å². The lowest BCUT2D eigenvalue weighted by Crippen LogP contribution is -2.06. The number of aromatic nitrogens is 3. The van der Waals surface area contributed by atoms with Gasteiger partial charge in [0.25, 0.3) is 0 Å². The van der Waals surface area contributed by atoms with Crippen LogP contribution in [0.1, 0.15) is 136 Å². The van der Waals surface area contributed by atoms with Gasteiger partial charge in [0.1, 0.15) is 28.8 Å². The number of aliphatic hydroxyl groups is 1. The molecule has 2 aromatic carbocycles. The molecule has 0 aliphatic carbocycles. The standard InChI is InChI=1S/C45H65N3O6/c1-9-12-15-18-27-52-30-32(6)40(49)35(22-21-31(4)5)43-46-44(36-23-25-38(33(7)41(36)50)53-28-19-16-13-10-2)48-45(47-43)37-24-26-39(34(8)42(37)51)54-29-20-17-14-11-3/h21-26,30-31,49-51H,9-20,27-29H2,1-8H3/b22-21-,32-30+,40-35-. The summed E-state index contributed by atoms with van der Waals surface area (Å²) in [5.74, 6) is 1.78. The molecule has 0 bridgehead atoms. The van der Waals surface area contributed by atoms with Gasteiger partial charge in [0.15, 0.2) is 17.5 Å². The third-order valence-corrected chi connectivity index (χ3v) is 9.28. The van der Waals surface area contributed by atoms with E-state index in [0.29, 0.717) is 64.7 Å². The van der Waals surface area contributed by atoms with Crippen molar-refractivity contribution in [3.63, 3.8) is 0 Å². The van der Waals surface area contributed by atoms with Crippen molar-refractivity contribution in [2.45, 2.75) is 132 Å². The summed E-state index contributed by atoms with van der Waals surface area (Å²) in [7, 11) is 0. The second kappa shape index (κ2) is 23.3. The highest BCUT2D eigenvalue weighted by Gasteiger charge is 2.22. The molecular weight excluding hydrogens is 679 g/mol. The number of allylic oxidation sites excluding steroid dienone is 4. The van der Waals surface area contributed by atoms with Gasteiger partial charge in [-0.05, 0) is 70.2 Å². The molecule has 3 rings (SSSR count). The van der Waals surface area contributed by atoms with E-state index in [2.05, 4.69) is 20.8 Å². The summed E-state index contributed by atoms with van der Waals surface area (Å²) in [6, 6.07) is 7.11. The summed E-state index contributed by atoms with van der Waals surface area (Å²) >= 11 is 0. The Bertz CT molecular complexity index is 1620. The minimum atomic E-state index is -0.0528. The Morgan fingerprint density at radius 3 is 1.57 bits per heavy atom. The number of rotatable bonds is 24. The minimum absolute atomic E-state index is 0.0172. The minimum Gasteiger partial charge on any atom is -0.507 e. The first-order valence-electron chi connectivity index (χ1n) is 20.1. The number of aliphatic hydroxyl groups excluding tert-OH is 1. The van der Waals surface area contributed by atoms with Crippen LogP contribution in [0.25, 0.3) is 28.3 Å². The Kier molecular flexibility index (Phi) is 18.9.